The van der Waals surface area contributed by atoms with E-state index >= 15 is 0 Å². The third-order valence-corrected chi connectivity index (χ3v) is 2.42. The van der Waals surface area contributed by atoms with E-state index in [1.165, 1.54) is 7.11 Å². The first-order chi connectivity index (χ1) is 6.49. The van der Waals surface area contributed by atoms with Crippen LogP contribution in [0, 0.1) is 5.92 Å². The van der Waals surface area contributed by atoms with Crippen LogP contribution in [0.2, 0.25) is 0 Å². The Kier molecular flexibility index (Phi) is 3.43. The standard InChI is InChI=1S/C8H14O6/c1-3-4(9)6(7(11)12)14-8(13-2)5(3)10/h3-6,8-10H,1-2H3,(H,11,12). The van der Waals surface area contributed by atoms with Crippen LogP contribution < -0.4 is 0 Å². The number of rotatable bonds is 2. The highest BCUT2D eigenvalue weighted by Gasteiger charge is 2.45. The highest BCUT2D eigenvalue weighted by atomic mass is 16.7. The minimum absolute atomic E-state index is 0.602. The number of aliphatic hydroxyl groups excluding tert-OH is 2. The summed E-state index contributed by atoms with van der Waals surface area (Å²) in [6, 6.07) is 0. The van der Waals surface area contributed by atoms with Gasteiger partial charge in [-0.3, -0.25) is 0 Å². The molecular formula is C8H14O6. The number of carbonyl (C=O) groups is 1. The molecule has 1 rings (SSSR count). The number of aliphatic hydroxyl groups is 2. The zero-order valence-corrected chi connectivity index (χ0v) is 7.95. The second-order valence-electron chi connectivity index (χ2n) is 3.34. The molecule has 0 spiro atoms. The summed E-state index contributed by atoms with van der Waals surface area (Å²) in [6.45, 7) is 1.54. The normalized spacial score (nSPS) is 43.6. The summed E-state index contributed by atoms with van der Waals surface area (Å²) in [5, 5.41) is 27.7. The van der Waals surface area contributed by atoms with Crippen molar-refractivity contribution in [3.05, 3.63) is 0 Å². The van der Waals surface area contributed by atoms with Crippen molar-refractivity contribution in [2.45, 2.75) is 31.5 Å². The van der Waals surface area contributed by atoms with E-state index in [0.29, 0.717) is 0 Å². The van der Waals surface area contributed by atoms with Crippen LogP contribution in [0.25, 0.3) is 0 Å². The monoisotopic (exact) mass is 206 g/mol. The molecule has 0 radical (unpaired) electrons. The van der Waals surface area contributed by atoms with E-state index in [2.05, 4.69) is 0 Å². The summed E-state index contributed by atoms with van der Waals surface area (Å²) in [6.07, 6.45) is -4.60. The Balaban J connectivity index is 2.78. The van der Waals surface area contributed by atoms with E-state index in [1.807, 2.05) is 0 Å². The van der Waals surface area contributed by atoms with E-state index in [9.17, 15) is 15.0 Å². The summed E-state index contributed by atoms with van der Waals surface area (Å²) in [4.78, 5) is 10.7. The average molecular weight is 206 g/mol. The van der Waals surface area contributed by atoms with Crippen molar-refractivity contribution in [2.24, 2.45) is 5.92 Å². The molecule has 0 saturated carbocycles. The Morgan fingerprint density at radius 2 is 1.93 bits per heavy atom. The lowest BCUT2D eigenvalue weighted by atomic mass is 9.91. The Hall–Kier alpha value is -0.690. The smallest absolute Gasteiger partial charge is 0.335 e. The van der Waals surface area contributed by atoms with Crippen LogP contribution in [0.1, 0.15) is 6.92 Å². The summed E-state index contributed by atoms with van der Waals surface area (Å²) < 4.78 is 9.63. The summed E-state index contributed by atoms with van der Waals surface area (Å²) >= 11 is 0. The van der Waals surface area contributed by atoms with Crippen LogP contribution >= 0.6 is 0 Å². The zero-order valence-electron chi connectivity index (χ0n) is 7.95. The zero-order chi connectivity index (χ0) is 10.9. The number of carboxylic acid groups (broad SMARTS) is 1. The molecule has 5 atom stereocenters. The minimum atomic E-state index is -1.35. The van der Waals surface area contributed by atoms with Crippen LogP contribution in [0.15, 0.2) is 0 Å². The molecule has 82 valence electrons. The molecule has 0 aromatic rings. The summed E-state index contributed by atoms with van der Waals surface area (Å²) in [5.41, 5.74) is 0. The maximum Gasteiger partial charge on any atom is 0.335 e. The second kappa shape index (κ2) is 4.22. The Morgan fingerprint density at radius 3 is 2.36 bits per heavy atom. The summed E-state index contributed by atoms with van der Waals surface area (Å²) in [7, 11) is 1.30. The summed E-state index contributed by atoms with van der Waals surface area (Å²) in [5.74, 6) is -1.87. The van der Waals surface area contributed by atoms with Gasteiger partial charge in [-0.05, 0) is 0 Å². The fourth-order valence-electron chi connectivity index (χ4n) is 1.43. The Bertz CT molecular complexity index is 216. The first-order valence-corrected chi connectivity index (χ1v) is 4.26. The SMILES string of the molecule is COC1OC(C(=O)O)C(O)C(C)C1O. The maximum absolute atomic E-state index is 10.7. The molecule has 3 N–H and O–H groups in total. The van der Waals surface area contributed by atoms with E-state index in [0.717, 1.165) is 0 Å². The average Bonchev–Trinajstić information content (AvgIpc) is 2.14. The fraction of sp³-hybridized carbons (Fsp3) is 0.875. The molecule has 0 amide bonds. The molecule has 1 saturated heterocycles. The molecular weight excluding hydrogens is 192 g/mol. The molecule has 1 aliphatic rings. The van der Waals surface area contributed by atoms with Gasteiger partial charge in [-0.15, -0.1) is 0 Å². The first kappa shape index (κ1) is 11.4. The number of ether oxygens (including phenoxy) is 2. The molecule has 0 aromatic carbocycles. The number of carboxylic acids is 1. The van der Waals surface area contributed by atoms with Gasteiger partial charge in [0.1, 0.15) is 6.10 Å². The van der Waals surface area contributed by atoms with Crippen molar-refractivity contribution >= 4 is 5.97 Å². The first-order valence-electron chi connectivity index (χ1n) is 4.26. The number of aliphatic carboxylic acids is 1. The van der Waals surface area contributed by atoms with Crippen LogP contribution in [-0.4, -0.2) is 53.0 Å². The van der Waals surface area contributed by atoms with Gasteiger partial charge in [-0.25, -0.2) is 4.79 Å². The fourth-order valence-corrected chi connectivity index (χ4v) is 1.43. The van der Waals surface area contributed by atoms with E-state index in [4.69, 9.17) is 14.6 Å². The highest BCUT2D eigenvalue weighted by Crippen LogP contribution is 2.26. The van der Waals surface area contributed by atoms with Gasteiger partial charge >= 0.3 is 5.97 Å². The van der Waals surface area contributed by atoms with Crippen molar-refractivity contribution in [1.29, 1.82) is 0 Å². The van der Waals surface area contributed by atoms with Crippen molar-refractivity contribution < 1.29 is 29.6 Å². The molecule has 0 aliphatic carbocycles. The van der Waals surface area contributed by atoms with Crippen LogP contribution in [0.3, 0.4) is 0 Å². The van der Waals surface area contributed by atoms with Crippen molar-refractivity contribution in [2.75, 3.05) is 7.11 Å². The molecule has 14 heavy (non-hydrogen) atoms. The van der Waals surface area contributed by atoms with Crippen LogP contribution in [0.5, 0.6) is 0 Å². The van der Waals surface area contributed by atoms with Gasteiger partial charge in [-0.1, -0.05) is 6.92 Å². The third-order valence-electron chi connectivity index (χ3n) is 2.42. The molecule has 0 aromatic heterocycles. The van der Waals surface area contributed by atoms with Crippen LogP contribution in [-0.2, 0) is 14.3 Å². The number of hydrogen-bond acceptors (Lipinski definition) is 5. The Labute approximate surface area is 81.1 Å². The minimum Gasteiger partial charge on any atom is -0.479 e. The number of methoxy groups -OCH3 is 1. The molecule has 6 heteroatoms. The predicted molar refractivity (Wildman–Crippen MR) is 44.5 cm³/mol. The van der Waals surface area contributed by atoms with Gasteiger partial charge in [0, 0.05) is 13.0 Å². The molecule has 1 heterocycles. The molecule has 5 unspecified atom stereocenters. The quantitative estimate of drug-likeness (QED) is 0.525. The second-order valence-corrected chi connectivity index (χ2v) is 3.34. The highest BCUT2D eigenvalue weighted by molar-refractivity contribution is 5.73. The lowest BCUT2D eigenvalue weighted by Crippen LogP contribution is -2.56. The van der Waals surface area contributed by atoms with Gasteiger partial charge in [0.15, 0.2) is 12.4 Å². The van der Waals surface area contributed by atoms with E-state index in [-0.39, 0.29) is 0 Å². The largest absolute Gasteiger partial charge is 0.479 e. The van der Waals surface area contributed by atoms with Gasteiger partial charge in [0.25, 0.3) is 0 Å². The van der Waals surface area contributed by atoms with Gasteiger partial charge in [-0.2, -0.15) is 0 Å². The van der Waals surface area contributed by atoms with Crippen LogP contribution in [0.4, 0.5) is 0 Å². The molecule has 1 fully saturated rings. The van der Waals surface area contributed by atoms with Crippen molar-refractivity contribution in [3.8, 4) is 0 Å². The van der Waals surface area contributed by atoms with E-state index < -0.39 is 36.5 Å². The Morgan fingerprint density at radius 1 is 1.36 bits per heavy atom. The molecule has 6 nitrogen and oxygen atoms in total. The van der Waals surface area contributed by atoms with Gasteiger partial charge < -0.3 is 24.8 Å². The van der Waals surface area contributed by atoms with Gasteiger partial charge in [0.2, 0.25) is 0 Å². The van der Waals surface area contributed by atoms with E-state index in [1.54, 1.807) is 6.92 Å². The topological polar surface area (TPSA) is 96.2 Å². The maximum atomic E-state index is 10.7. The predicted octanol–water partition coefficient (Wildman–Crippen LogP) is -1.20. The lowest BCUT2D eigenvalue weighted by Gasteiger charge is -2.38. The molecule has 1 aliphatic heterocycles. The van der Waals surface area contributed by atoms with Gasteiger partial charge in [0.05, 0.1) is 6.10 Å². The van der Waals surface area contributed by atoms with Crippen molar-refractivity contribution in [1.82, 2.24) is 0 Å². The lowest BCUT2D eigenvalue weighted by molar-refractivity contribution is -0.273. The molecule has 0 bridgehead atoms. The third kappa shape index (κ3) is 1.88. The van der Waals surface area contributed by atoms with Crippen molar-refractivity contribution in [3.63, 3.8) is 0 Å². The number of hydrogen-bond donors (Lipinski definition) is 3.